The number of hydrogen-bond acceptors (Lipinski definition) is 5. The number of halogens is 1. The van der Waals surface area contributed by atoms with E-state index in [1.54, 1.807) is 36.4 Å². The molecule has 0 aliphatic carbocycles. The van der Waals surface area contributed by atoms with Crippen molar-refractivity contribution in [2.24, 2.45) is 0 Å². The van der Waals surface area contributed by atoms with Crippen LogP contribution in [0.4, 0.5) is 0 Å². The molecule has 2 heterocycles. The minimum Gasteiger partial charge on any atom is -0.454 e. The quantitative estimate of drug-likeness (QED) is 0.715. The first-order chi connectivity index (χ1) is 13.6. The first-order valence-electron chi connectivity index (χ1n) is 8.62. The highest BCUT2D eigenvalue weighted by molar-refractivity contribution is 6.30. The normalized spacial score (nSPS) is 12.0. The molecule has 28 heavy (non-hydrogen) atoms. The van der Waals surface area contributed by atoms with Crippen LogP contribution < -0.4 is 20.3 Å². The molecule has 0 fully saturated rings. The van der Waals surface area contributed by atoms with Crippen molar-refractivity contribution in [3.05, 3.63) is 75.5 Å². The topological polar surface area (TPSA) is 82.5 Å². The van der Waals surface area contributed by atoms with Crippen molar-refractivity contribution in [1.82, 2.24) is 15.1 Å². The van der Waals surface area contributed by atoms with E-state index in [1.165, 1.54) is 10.7 Å². The molecule has 142 valence electrons. The fourth-order valence-electron chi connectivity index (χ4n) is 2.80. The molecule has 7 nitrogen and oxygen atoms in total. The Morgan fingerprint density at radius 2 is 1.86 bits per heavy atom. The lowest BCUT2D eigenvalue weighted by Crippen LogP contribution is -2.31. The first-order valence-corrected chi connectivity index (χ1v) is 9.00. The molecule has 0 radical (unpaired) electrons. The van der Waals surface area contributed by atoms with E-state index >= 15 is 0 Å². The lowest BCUT2D eigenvalue weighted by Gasteiger charge is -2.09. The molecule has 0 atom stereocenters. The number of carbonyl (C=O) groups is 1. The summed E-state index contributed by atoms with van der Waals surface area (Å²) in [5.74, 6) is 0.896. The highest BCUT2D eigenvalue weighted by Gasteiger charge is 2.16. The monoisotopic (exact) mass is 397 g/mol. The van der Waals surface area contributed by atoms with Crippen LogP contribution in [0, 0.1) is 0 Å². The van der Waals surface area contributed by atoms with Crippen molar-refractivity contribution in [2.45, 2.75) is 6.54 Å². The average Bonchev–Trinajstić information content (AvgIpc) is 3.18. The summed E-state index contributed by atoms with van der Waals surface area (Å²) in [6.07, 6.45) is 0. The number of hydrogen-bond donors (Lipinski definition) is 1. The summed E-state index contributed by atoms with van der Waals surface area (Å²) < 4.78 is 11.8. The van der Waals surface area contributed by atoms with Crippen molar-refractivity contribution >= 4 is 17.5 Å². The molecule has 0 unspecified atom stereocenters. The first kappa shape index (κ1) is 18.1. The van der Waals surface area contributed by atoms with Crippen molar-refractivity contribution in [1.29, 1.82) is 0 Å². The highest BCUT2D eigenvalue weighted by Crippen LogP contribution is 2.32. The Labute approximate surface area is 165 Å². The third-order valence-electron chi connectivity index (χ3n) is 4.25. The summed E-state index contributed by atoms with van der Waals surface area (Å²) in [5.41, 5.74) is 1.72. The van der Waals surface area contributed by atoms with E-state index in [4.69, 9.17) is 21.1 Å². The third-order valence-corrected chi connectivity index (χ3v) is 4.50. The fourth-order valence-corrected chi connectivity index (χ4v) is 2.92. The predicted octanol–water partition coefficient (Wildman–Crippen LogP) is 2.72. The zero-order valence-electron chi connectivity index (χ0n) is 14.7. The molecular weight excluding hydrogens is 382 g/mol. The maximum Gasteiger partial charge on any atom is 0.266 e. The Morgan fingerprint density at radius 3 is 2.68 bits per heavy atom. The second-order valence-electron chi connectivity index (χ2n) is 6.11. The van der Waals surface area contributed by atoms with Gasteiger partial charge in [-0.2, -0.15) is 5.10 Å². The van der Waals surface area contributed by atoms with Gasteiger partial charge < -0.3 is 14.8 Å². The van der Waals surface area contributed by atoms with E-state index in [0.29, 0.717) is 27.8 Å². The summed E-state index contributed by atoms with van der Waals surface area (Å²) in [4.78, 5) is 24.4. The van der Waals surface area contributed by atoms with Crippen molar-refractivity contribution < 1.29 is 14.3 Å². The smallest absolute Gasteiger partial charge is 0.266 e. The van der Waals surface area contributed by atoms with Crippen LogP contribution in [-0.2, 0) is 6.54 Å². The van der Waals surface area contributed by atoms with Crippen LogP contribution in [0.15, 0.2) is 59.4 Å². The molecule has 0 bridgehead atoms. The summed E-state index contributed by atoms with van der Waals surface area (Å²) in [7, 11) is 0. The van der Waals surface area contributed by atoms with Gasteiger partial charge in [0.2, 0.25) is 6.79 Å². The minimum absolute atomic E-state index is 0.152. The van der Waals surface area contributed by atoms with E-state index < -0.39 is 0 Å². The molecule has 1 aliphatic heterocycles. The molecule has 1 amide bonds. The second-order valence-corrected chi connectivity index (χ2v) is 6.55. The summed E-state index contributed by atoms with van der Waals surface area (Å²) in [6.45, 7) is 0.653. The molecule has 0 spiro atoms. The number of carbonyl (C=O) groups excluding carboxylic acids is 1. The molecule has 4 rings (SSSR count). The van der Waals surface area contributed by atoms with Gasteiger partial charge in [-0.1, -0.05) is 23.7 Å². The average molecular weight is 398 g/mol. The van der Waals surface area contributed by atoms with Gasteiger partial charge in [-0.3, -0.25) is 9.59 Å². The largest absolute Gasteiger partial charge is 0.454 e. The summed E-state index contributed by atoms with van der Waals surface area (Å²) in [5, 5.41) is 7.77. The number of rotatable bonds is 5. The number of amides is 1. The number of ether oxygens (including phenoxy) is 2. The van der Waals surface area contributed by atoms with Crippen LogP contribution in [-0.4, -0.2) is 29.0 Å². The molecule has 1 aromatic heterocycles. The van der Waals surface area contributed by atoms with E-state index in [2.05, 4.69) is 10.4 Å². The van der Waals surface area contributed by atoms with E-state index in [-0.39, 0.29) is 31.3 Å². The van der Waals surface area contributed by atoms with E-state index in [9.17, 15) is 9.59 Å². The zero-order chi connectivity index (χ0) is 19.5. The van der Waals surface area contributed by atoms with Crippen LogP contribution >= 0.6 is 11.6 Å². The molecule has 0 saturated carbocycles. The molecule has 1 N–H and O–H groups in total. The standard InChI is InChI=1S/C20H16ClN3O4/c21-15-4-1-13(2-5-15)16-6-8-19(25)24(23-16)10-9-22-20(26)14-3-7-17-18(11-14)28-12-27-17/h1-8,11H,9-10,12H2,(H,22,26). The Bertz CT molecular complexity index is 1080. The fraction of sp³-hybridized carbons (Fsp3) is 0.150. The van der Waals surface area contributed by atoms with Gasteiger partial charge in [-0.15, -0.1) is 0 Å². The maximum atomic E-state index is 12.3. The van der Waals surface area contributed by atoms with Gasteiger partial charge in [0.05, 0.1) is 12.2 Å². The Kier molecular flexibility index (Phi) is 4.99. The van der Waals surface area contributed by atoms with Gasteiger partial charge in [0.25, 0.3) is 11.5 Å². The van der Waals surface area contributed by atoms with Gasteiger partial charge >= 0.3 is 0 Å². The van der Waals surface area contributed by atoms with Gasteiger partial charge in [-0.05, 0) is 36.4 Å². The number of nitrogens with one attached hydrogen (secondary N) is 1. The SMILES string of the molecule is O=C(NCCn1nc(-c2ccc(Cl)cc2)ccc1=O)c1ccc2c(c1)OCO2. The summed E-state index contributed by atoms with van der Waals surface area (Å²) >= 11 is 5.90. The lowest BCUT2D eigenvalue weighted by molar-refractivity contribution is 0.0951. The molecule has 2 aromatic carbocycles. The molecule has 3 aromatic rings. The van der Waals surface area contributed by atoms with Crippen LogP contribution in [0.25, 0.3) is 11.3 Å². The number of fused-ring (bicyclic) bond motifs is 1. The van der Waals surface area contributed by atoms with Crippen LogP contribution in [0.3, 0.4) is 0 Å². The van der Waals surface area contributed by atoms with E-state index in [0.717, 1.165) is 5.56 Å². The van der Waals surface area contributed by atoms with Crippen LogP contribution in [0.5, 0.6) is 11.5 Å². The van der Waals surface area contributed by atoms with Gasteiger partial charge in [-0.25, -0.2) is 4.68 Å². The van der Waals surface area contributed by atoms with Crippen LogP contribution in [0.2, 0.25) is 5.02 Å². The molecular formula is C20H16ClN3O4. The van der Waals surface area contributed by atoms with Gasteiger partial charge in [0.15, 0.2) is 11.5 Å². The van der Waals surface area contributed by atoms with Crippen LogP contribution in [0.1, 0.15) is 10.4 Å². The maximum absolute atomic E-state index is 12.3. The number of benzene rings is 2. The third kappa shape index (κ3) is 3.84. The minimum atomic E-state index is -0.264. The van der Waals surface area contributed by atoms with Crippen molar-refractivity contribution in [2.75, 3.05) is 13.3 Å². The Morgan fingerprint density at radius 1 is 1.07 bits per heavy atom. The summed E-state index contributed by atoms with van der Waals surface area (Å²) in [6, 6.07) is 15.3. The van der Waals surface area contributed by atoms with Crippen molar-refractivity contribution in [3.8, 4) is 22.8 Å². The zero-order valence-corrected chi connectivity index (χ0v) is 15.5. The Hall–Kier alpha value is -3.32. The molecule has 8 heteroatoms. The lowest BCUT2D eigenvalue weighted by atomic mass is 10.1. The Balaban J connectivity index is 1.42. The number of aromatic nitrogens is 2. The van der Waals surface area contributed by atoms with Gasteiger partial charge in [0.1, 0.15) is 0 Å². The van der Waals surface area contributed by atoms with Crippen molar-refractivity contribution in [3.63, 3.8) is 0 Å². The van der Waals surface area contributed by atoms with E-state index in [1.807, 2.05) is 12.1 Å². The molecule has 0 saturated heterocycles. The van der Waals surface area contributed by atoms with Gasteiger partial charge in [0, 0.05) is 28.8 Å². The number of nitrogens with zero attached hydrogens (tertiary/aromatic N) is 2. The predicted molar refractivity (Wildman–Crippen MR) is 104 cm³/mol. The highest BCUT2D eigenvalue weighted by atomic mass is 35.5. The molecule has 1 aliphatic rings. The second kappa shape index (κ2) is 7.74.